The largest absolute Gasteiger partial charge is 0.465 e. The number of anilines is 1. The molecule has 0 saturated heterocycles. The highest BCUT2D eigenvalue weighted by Crippen LogP contribution is 2.42. The van der Waals surface area contributed by atoms with Crippen LogP contribution in [0.25, 0.3) is 10.1 Å². The van der Waals surface area contributed by atoms with Crippen molar-refractivity contribution in [1.82, 2.24) is 0 Å². The van der Waals surface area contributed by atoms with Crippen molar-refractivity contribution in [2.75, 3.05) is 12.4 Å². The lowest BCUT2D eigenvalue weighted by Crippen LogP contribution is -2.13. The van der Waals surface area contributed by atoms with Crippen LogP contribution in [-0.2, 0) is 17.6 Å². The maximum absolute atomic E-state index is 12.8. The van der Waals surface area contributed by atoms with E-state index in [1.807, 2.05) is 12.1 Å². The molecule has 8 heteroatoms. The molecule has 4 nitrogen and oxygen atoms in total. The minimum atomic E-state index is -0.426. The van der Waals surface area contributed by atoms with Crippen molar-refractivity contribution in [3.05, 3.63) is 49.1 Å². The zero-order valence-electron chi connectivity index (χ0n) is 13.7. The molecule has 4 rings (SSSR count). The lowest BCUT2D eigenvalue weighted by molar-refractivity contribution is 0.0601. The molecule has 0 aliphatic heterocycles. The van der Waals surface area contributed by atoms with Crippen molar-refractivity contribution in [2.45, 2.75) is 19.3 Å². The van der Waals surface area contributed by atoms with E-state index in [-0.39, 0.29) is 5.91 Å². The van der Waals surface area contributed by atoms with Gasteiger partial charge in [-0.2, -0.15) is 0 Å². The van der Waals surface area contributed by atoms with Gasteiger partial charge in [-0.3, -0.25) is 4.79 Å². The zero-order chi connectivity index (χ0) is 18.4. The van der Waals surface area contributed by atoms with Gasteiger partial charge < -0.3 is 10.1 Å². The predicted octanol–water partition coefficient (Wildman–Crippen LogP) is 5.80. The molecule has 0 radical (unpaired) electrons. The molecule has 2 aromatic heterocycles. The predicted molar refractivity (Wildman–Crippen MR) is 107 cm³/mol. The smallest absolute Gasteiger partial charge is 0.341 e. The van der Waals surface area contributed by atoms with Gasteiger partial charge in [0, 0.05) is 15.0 Å². The molecular weight excluding hydrogens is 413 g/mol. The summed E-state index contributed by atoms with van der Waals surface area (Å²) < 4.78 is 5.75. The maximum atomic E-state index is 12.8. The molecule has 1 amide bonds. The van der Waals surface area contributed by atoms with Gasteiger partial charge in [0.25, 0.3) is 5.91 Å². The number of hydrogen-bond acceptors (Lipinski definition) is 5. The Morgan fingerprint density at radius 2 is 2.00 bits per heavy atom. The highest BCUT2D eigenvalue weighted by Gasteiger charge is 2.29. The number of aryl methyl sites for hydroxylation is 1. The van der Waals surface area contributed by atoms with Crippen molar-refractivity contribution in [2.24, 2.45) is 0 Å². The number of rotatable bonds is 3. The molecule has 0 bridgehead atoms. The van der Waals surface area contributed by atoms with Crippen molar-refractivity contribution < 1.29 is 14.3 Å². The first-order valence-corrected chi connectivity index (χ1v) is 10.3. The molecule has 134 valence electrons. The standard InChI is InChI=1S/C18H13Cl2NO3S2/c1-24-18(23)12-8-4-2-6-10(8)26-17(12)21-16(22)15-14(20)13-9(19)5-3-7-11(13)25-15/h3,5,7H,2,4,6H2,1H3,(H,21,22). The van der Waals surface area contributed by atoms with E-state index in [0.29, 0.717) is 30.9 Å². The van der Waals surface area contributed by atoms with E-state index in [4.69, 9.17) is 27.9 Å². The van der Waals surface area contributed by atoms with Gasteiger partial charge in [-0.25, -0.2) is 4.79 Å². The van der Waals surface area contributed by atoms with E-state index in [2.05, 4.69) is 5.32 Å². The van der Waals surface area contributed by atoms with Crippen LogP contribution in [0.4, 0.5) is 5.00 Å². The van der Waals surface area contributed by atoms with Gasteiger partial charge >= 0.3 is 5.97 Å². The SMILES string of the molecule is COC(=O)c1c(NC(=O)c2sc3cccc(Cl)c3c2Cl)sc2c1CCC2. The number of ether oxygens (including phenoxy) is 1. The Kier molecular flexibility index (Phi) is 4.69. The Balaban J connectivity index is 1.73. The molecule has 3 aromatic rings. The number of carbonyl (C=O) groups is 2. The van der Waals surface area contributed by atoms with Crippen molar-refractivity contribution in [3.63, 3.8) is 0 Å². The van der Waals surface area contributed by atoms with E-state index in [1.165, 1.54) is 29.8 Å². The fraction of sp³-hybridized carbons (Fsp3) is 0.222. The third-order valence-electron chi connectivity index (χ3n) is 4.35. The number of esters is 1. The number of thiophene rings is 2. The average Bonchev–Trinajstić information content (AvgIpc) is 3.28. The quantitative estimate of drug-likeness (QED) is 0.539. The van der Waals surface area contributed by atoms with E-state index >= 15 is 0 Å². The summed E-state index contributed by atoms with van der Waals surface area (Å²) in [5.74, 6) is -0.775. The normalized spacial score (nSPS) is 13.0. The first kappa shape index (κ1) is 17.8. The van der Waals surface area contributed by atoms with Crippen LogP contribution in [0.2, 0.25) is 10.0 Å². The molecule has 1 aromatic carbocycles. The highest BCUT2D eigenvalue weighted by atomic mass is 35.5. The topological polar surface area (TPSA) is 55.4 Å². The van der Waals surface area contributed by atoms with E-state index < -0.39 is 5.97 Å². The van der Waals surface area contributed by atoms with E-state index in [0.717, 1.165) is 34.4 Å². The van der Waals surface area contributed by atoms with Gasteiger partial charge in [0.05, 0.1) is 22.7 Å². The lowest BCUT2D eigenvalue weighted by Gasteiger charge is -2.06. The van der Waals surface area contributed by atoms with Crippen LogP contribution in [0.15, 0.2) is 18.2 Å². The number of halogens is 2. The van der Waals surface area contributed by atoms with Crippen molar-refractivity contribution in [1.29, 1.82) is 0 Å². The fourth-order valence-electron chi connectivity index (χ4n) is 3.19. The molecule has 0 atom stereocenters. The third kappa shape index (κ3) is 2.81. The van der Waals surface area contributed by atoms with Gasteiger partial charge in [-0.15, -0.1) is 22.7 Å². The first-order valence-electron chi connectivity index (χ1n) is 7.92. The third-order valence-corrected chi connectivity index (χ3v) is 7.52. The van der Waals surface area contributed by atoms with Gasteiger partial charge in [-0.05, 0) is 37.0 Å². The highest BCUT2D eigenvalue weighted by molar-refractivity contribution is 7.22. The monoisotopic (exact) mass is 425 g/mol. The number of hydrogen-bond donors (Lipinski definition) is 1. The van der Waals surface area contributed by atoms with Crippen LogP contribution < -0.4 is 5.32 Å². The molecule has 1 aliphatic carbocycles. The van der Waals surface area contributed by atoms with Crippen LogP contribution in [0.3, 0.4) is 0 Å². The summed E-state index contributed by atoms with van der Waals surface area (Å²) in [6, 6.07) is 5.43. The Bertz CT molecular complexity index is 1050. The fourth-order valence-corrected chi connectivity index (χ4v) is 6.31. The Morgan fingerprint density at radius 3 is 2.73 bits per heavy atom. The first-order chi connectivity index (χ1) is 12.5. The number of nitrogens with one attached hydrogen (secondary N) is 1. The van der Waals surface area contributed by atoms with E-state index in [9.17, 15) is 9.59 Å². The summed E-state index contributed by atoms with van der Waals surface area (Å²) in [4.78, 5) is 26.6. The molecule has 26 heavy (non-hydrogen) atoms. The molecule has 2 heterocycles. The van der Waals surface area contributed by atoms with E-state index in [1.54, 1.807) is 6.07 Å². The summed E-state index contributed by atoms with van der Waals surface area (Å²) in [6.07, 6.45) is 2.75. The molecule has 0 saturated carbocycles. The minimum Gasteiger partial charge on any atom is -0.465 e. The van der Waals surface area contributed by atoms with Crippen molar-refractivity contribution >= 4 is 72.8 Å². The number of fused-ring (bicyclic) bond motifs is 2. The van der Waals surface area contributed by atoms with Crippen LogP contribution in [-0.4, -0.2) is 19.0 Å². The van der Waals surface area contributed by atoms with Crippen LogP contribution in [0, 0.1) is 0 Å². The van der Waals surface area contributed by atoms with Gasteiger partial charge in [-0.1, -0.05) is 29.3 Å². The molecular formula is C18H13Cl2NO3S2. The molecule has 1 N–H and O–H groups in total. The summed E-state index contributed by atoms with van der Waals surface area (Å²) in [6.45, 7) is 0. The molecule has 0 spiro atoms. The minimum absolute atomic E-state index is 0.330. The molecule has 0 fully saturated rings. The average molecular weight is 426 g/mol. The summed E-state index contributed by atoms with van der Waals surface area (Å²) in [5, 5.41) is 4.89. The summed E-state index contributed by atoms with van der Waals surface area (Å²) in [7, 11) is 1.35. The summed E-state index contributed by atoms with van der Waals surface area (Å²) >= 11 is 15.3. The second-order valence-corrected chi connectivity index (χ2v) is 8.81. The second-order valence-electron chi connectivity index (χ2n) is 5.87. The molecule has 1 aliphatic rings. The Labute approximate surface area is 167 Å². The van der Waals surface area contributed by atoms with Crippen molar-refractivity contribution in [3.8, 4) is 0 Å². The number of methoxy groups -OCH3 is 1. The van der Waals surface area contributed by atoms with Gasteiger partial charge in [0.15, 0.2) is 0 Å². The summed E-state index contributed by atoms with van der Waals surface area (Å²) in [5.41, 5.74) is 1.45. The van der Waals surface area contributed by atoms with Crippen LogP contribution >= 0.6 is 45.9 Å². The van der Waals surface area contributed by atoms with Crippen LogP contribution in [0.1, 0.15) is 36.9 Å². The lowest BCUT2D eigenvalue weighted by atomic mass is 10.1. The molecule has 0 unspecified atom stereocenters. The number of carbonyl (C=O) groups excluding carboxylic acids is 2. The van der Waals surface area contributed by atoms with Gasteiger partial charge in [0.2, 0.25) is 0 Å². The number of amides is 1. The Morgan fingerprint density at radius 1 is 1.19 bits per heavy atom. The van der Waals surface area contributed by atoms with Gasteiger partial charge in [0.1, 0.15) is 9.88 Å². The Hall–Kier alpha value is -1.60. The van der Waals surface area contributed by atoms with Crippen LogP contribution in [0.5, 0.6) is 0 Å². The second kappa shape index (κ2) is 6.85. The number of benzene rings is 1. The maximum Gasteiger partial charge on any atom is 0.341 e. The zero-order valence-corrected chi connectivity index (χ0v) is 16.8.